The monoisotopic (exact) mass is 251 g/mol. The lowest BCUT2D eigenvalue weighted by Crippen LogP contribution is -1.99. The van der Waals surface area contributed by atoms with E-state index in [1.165, 1.54) is 6.07 Å². The summed E-state index contributed by atoms with van der Waals surface area (Å²) in [5.41, 5.74) is 7.28. The average Bonchev–Trinajstić information content (AvgIpc) is 2.27. The Bertz CT molecular complexity index is 557. The van der Waals surface area contributed by atoms with E-state index in [1.54, 1.807) is 31.2 Å². The normalized spacial score (nSPS) is 10.3. The standard InChI is InChI=1S/C12H11ClFN3/c1-7-10(15)3-5-12(16-7)17-11-4-2-8(13)6-9(11)14/h2-6H,15H2,1H3,(H,16,17). The lowest BCUT2D eigenvalue weighted by molar-refractivity contribution is 0.632. The van der Waals surface area contributed by atoms with Gasteiger partial charge in [-0.25, -0.2) is 9.37 Å². The van der Waals surface area contributed by atoms with E-state index in [9.17, 15) is 4.39 Å². The van der Waals surface area contributed by atoms with Crippen LogP contribution in [-0.2, 0) is 0 Å². The molecule has 0 atom stereocenters. The smallest absolute Gasteiger partial charge is 0.148 e. The number of anilines is 3. The molecule has 0 spiro atoms. The van der Waals surface area contributed by atoms with Crippen LogP contribution >= 0.6 is 11.6 Å². The van der Waals surface area contributed by atoms with Gasteiger partial charge in [-0.3, -0.25) is 0 Å². The molecule has 0 radical (unpaired) electrons. The van der Waals surface area contributed by atoms with Gasteiger partial charge in [-0.15, -0.1) is 0 Å². The van der Waals surface area contributed by atoms with Crippen LogP contribution in [0.15, 0.2) is 30.3 Å². The van der Waals surface area contributed by atoms with Crippen molar-refractivity contribution in [2.24, 2.45) is 0 Å². The van der Waals surface area contributed by atoms with E-state index in [-0.39, 0.29) is 0 Å². The van der Waals surface area contributed by atoms with Gasteiger partial charge in [-0.2, -0.15) is 0 Å². The van der Waals surface area contributed by atoms with E-state index in [0.717, 1.165) is 0 Å². The lowest BCUT2D eigenvalue weighted by atomic mass is 10.3. The first-order valence-electron chi connectivity index (χ1n) is 5.01. The Balaban J connectivity index is 2.28. The zero-order valence-electron chi connectivity index (χ0n) is 9.17. The van der Waals surface area contributed by atoms with Gasteiger partial charge in [0.15, 0.2) is 0 Å². The molecule has 17 heavy (non-hydrogen) atoms. The third-order valence-electron chi connectivity index (χ3n) is 2.32. The molecule has 0 amide bonds. The summed E-state index contributed by atoms with van der Waals surface area (Å²) < 4.78 is 13.5. The molecule has 2 aromatic rings. The van der Waals surface area contributed by atoms with Crippen LogP contribution in [0.4, 0.5) is 21.6 Å². The van der Waals surface area contributed by atoms with Gasteiger partial charge in [-0.05, 0) is 37.3 Å². The number of pyridine rings is 1. The fourth-order valence-electron chi connectivity index (χ4n) is 1.37. The molecular formula is C12H11ClFN3. The highest BCUT2D eigenvalue weighted by atomic mass is 35.5. The number of nitrogens with zero attached hydrogens (tertiary/aromatic N) is 1. The van der Waals surface area contributed by atoms with Crippen LogP contribution in [0.3, 0.4) is 0 Å². The van der Waals surface area contributed by atoms with E-state index in [0.29, 0.717) is 27.9 Å². The first-order chi connectivity index (χ1) is 8.06. The molecule has 0 bridgehead atoms. The van der Waals surface area contributed by atoms with Crippen LogP contribution in [0.2, 0.25) is 5.02 Å². The van der Waals surface area contributed by atoms with Gasteiger partial charge in [0.05, 0.1) is 17.1 Å². The summed E-state index contributed by atoms with van der Waals surface area (Å²) in [6.07, 6.45) is 0. The lowest BCUT2D eigenvalue weighted by Gasteiger charge is -2.08. The molecule has 1 aromatic carbocycles. The van der Waals surface area contributed by atoms with Crippen molar-refractivity contribution in [1.82, 2.24) is 4.98 Å². The summed E-state index contributed by atoms with van der Waals surface area (Å²) in [7, 11) is 0. The first kappa shape index (κ1) is 11.7. The van der Waals surface area contributed by atoms with Gasteiger partial charge >= 0.3 is 0 Å². The number of aryl methyl sites for hydroxylation is 1. The van der Waals surface area contributed by atoms with Gasteiger partial charge in [0.25, 0.3) is 0 Å². The van der Waals surface area contributed by atoms with Crippen molar-refractivity contribution in [1.29, 1.82) is 0 Å². The molecule has 5 heteroatoms. The number of nitrogens with two attached hydrogens (primary N) is 1. The van der Waals surface area contributed by atoms with E-state index in [2.05, 4.69) is 10.3 Å². The minimum atomic E-state index is -0.422. The minimum absolute atomic E-state index is 0.325. The maximum absolute atomic E-state index is 13.5. The Morgan fingerprint density at radius 3 is 2.71 bits per heavy atom. The van der Waals surface area contributed by atoms with E-state index in [4.69, 9.17) is 17.3 Å². The maximum atomic E-state index is 13.5. The number of nitrogen functional groups attached to an aromatic ring is 1. The van der Waals surface area contributed by atoms with Crippen LogP contribution in [0.5, 0.6) is 0 Å². The van der Waals surface area contributed by atoms with E-state index >= 15 is 0 Å². The highest BCUT2D eigenvalue weighted by Crippen LogP contribution is 2.22. The third-order valence-corrected chi connectivity index (χ3v) is 2.56. The molecule has 0 fully saturated rings. The number of hydrogen-bond donors (Lipinski definition) is 2. The molecule has 88 valence electrons. The van der Waals surface area contributed by atoms with Gasteiger partial charge in [0.1, 0.15) is 11.6 Å². The number of nitrogens with one attached hydrogen (secondary N) is 1. The first-order valence-corrected chi connectivity index (χ1v) is 5.39. The molecule has 3 N–H and O–H groups in total. The molecule has 0 aliphatic rings. The number of aromatic nitrogens is 1. The molecule has 1 heterocycles. The van der Waals surface area contributed by atoms with Crippen LogP contribution < -0.4 is 11.1 Å². The molecular weight excluding hydrogens is 241 g/mol. The highest BCUT2D eigenvalue weighted by Gasteiger charge is 2.04. The van der Waals surface area contributed by atoms with Crippen molar-refractivity contribution in [3.8, 4) is 0 Å². The Labute approximate surface area is 103 Å². The summed E-state index contributed by atoms with van der Waals surface area (Å²) in [4.78, 5) is 4.20. The van der Waals surface area contributed by atoms with Crippen molar-refractivity contribution in [2.75, 3.05) is 11.1 Å². The van der Waals surface area contributed by atoms with Crippen molar-refractivity contribution < 1.29 is 4.39 Å². The zero-order chi connectivity index (χ0) is 12.4. The average molecular weight is 252 g/mol. The quantitative estimate of drug-likeness (QED) is 0.859. The van der Waals surface area contributed by atoms with E-state index < -0.39 is 5.82 Å². The molecule has 3 nitrogen and oxygen atoms in total. The molecule has 0 aliphatic heterocycles. The molecule has 0 aliphatic carbocycles. The van der Waals surface area contributed by atoms with Crippen molar-refractivity contribution in [2.45, 2.75) is 6.92 Å². The van der Waals surface area contributed by atoms with Gasteiger partial charge in [0, 0.05) is 5.02 Å². The third kappa shape index (κ3) is 2.65. The van der Waals surface area contributed by atoms with E-state index in [1.807, 2.05) is 0 Å². The van der Waals surface area contributed by atoms with Gasteiger partial charge < -0.3 is 11.1 Å². The van der Waals surface area contributed by atoms with Crippen molar-refractivity contribution in [3.63, 3.8) is 0 Å². The highest BCUT2D eigenvalue weighted by molar-refractivity contribution is 6.30. The van der Waals surface area contributed by atoms with Gasteiger partial charge in [-0.1, -0.05) is 11.6 Å². The molecule has 1 aromatic heterocycles. The Morgan fingerprint density at radius 2 is 2.06 bits per heavy atom. The summed E-state index contributed by atoms with van der Waals surface area (Å²) in [5.74, 6) is 0.117. The second-order valence-electron chi connectivity index (χ2n) is 3.62. The van der Waals surface area contributed by atoms with Crippen molar-refractivity contribution in [3.05, 3.63) is 46.9 Å². The van der Waals surface area contributed by atoms with Crippen LogP contribution in [0, 0.1) is 12.7 Å². The topological polar surface area (TPSA) is 50.9 Å². The molecule has 0 saturated heterocycles. The fourth-order valence-corrected chi connectivity index (χ4v) is 1.53. The Hall–Kier alpha value is -1.81. The Morgan fingerprint density at radius 1 is 1.29 bits per heavy atom. The summed E-state index contributed by atoms with van der Waals surface area (Å²) in [6, 6.07) is 7.82. The van der Waals surface area contributed by atoms with Crippen molar-refractivity contribution >= 4 is 28.8 Å². The van der Waals surface area contributed by atoms with Crippen LogP contribution in [0.1, 0.15) is 5.69 Å². The maximum Gasteiger partial charge on any atom is 0.148 e. The molecule has 2 rings (SSSR count). The summed E-state index contributed by atoms with van der Waals surface area (Å²) in [6.45, 7) is 1.79. The number of halogens is 2. The second kappa shape index (κ2) is 4.59. The molecule has 0 saturated carbocycles. The SMILES string of the molecule is Cc1nc(Nc2ccc(Cl)cc2F)ccc1N. The van der Waals surface area contributed by atoms with Crippen LogP contribution in [-0.4, -0.2) is 4.98 Å². The number of benzene rings is 1. The number of rotatable bonds is 2. The summed E-state index contributed by atoms with van der Waals surface area (Å²) in [5, 5.41) is 3.22. The van der Waals surface area contributed by atoms with Gasteiger partial charge in [0.2, 0.25) is 0 Å². The van der Waals surface area contributed by atoms with Crippen LogP contribution in [0.25, 0.3) is 0 Å². The molecule has 0 unspecified atom stereocenters. The minimum Gasteiger partial charge on any atom is -0.397 e. The second-order valence-corrected chi connectivity index (χ2v) is 4.06. The largest absolute Gasteiger partial charge is 0.397 e. The zero-order valence-corrected chi connectivity index (χ0v) is 9.92. The Kier molecular flexibility index (Phi) is 3.15. The number of hydrogen-bond acceptors (Lipinski definition) is 3. The predicted molar refractivity (Wildman–Crippen MR) is 68.1 cm³/mol. The predicted octanol–water partition coefficient (Wildman–Crippen LogP) is 3.51. The summed E-state index contributed by atoms with van der Waals surface area (Å²) >= 11 is 5.67. The fraction of sp³-hybridized carbons (Fsp3) is 0.0833.